The SMILES string of the molecule is c1ccc(C2NC(c3ccccc3)NC(c3ccc4c(c3)oc3cccc(-c5cccc6c5oc5ccc(-n7c8ccccc8c8ccccc87)cc56)c34)N2)cc1. The third-order valence-electron chi connectivity index (χ3n) is 11.7. The van der Waals surface area contributed by atoms with E-state index in [0.29, 0.717) is 0 Å². The largest absolute Gasteiger partial charge is 0.456 e. The summed E-state index contributed by atoms with van der Waals surface area (Å²) in [5, 5.41) is 18.2. The van der Waals surface area contributed by atoms with Gasteiger partial charge in [-0.15, -0.1) is 0 Å². The zero-order valence-corrected chi connectivity index (χ0v) is 30.8. The molecule has 2 atom stereocenters. The quantitative estimate of drug-likeness (QED) is 0.164. The second kappa shape index (κ2) is 12.8. The van der Waals surface area contributed by atoms with Gasteiger partial charge in [0.1, 0.15) is 22.3 Å². The number of para-hydroxylation sites is 3. The summed E-state index contributed by atoms with van der Waals surface area (Å²) in [5.41, 5.74) is 12.5. The molecule has 0 saturated carbocycles. The van der Waals surface area contributed by atoms with Gasteiger partial charge in [0.25, 0.3) is 0 Å². The van der Waals surface area contributed by atoms with Crippen LogP contribution in [0.15, 0.2) is 191 Å². The van der Waals surface area contributed by atoms with Crippen molar-refractivity contribution in [3.63, 3.8) is 0 Å². The zero-order valence-electron chi connectivity index (χ0n) is 30.8. The Labute approximate surface area is 327 Å². The van der Waals surface area contributed by atoms with Crippen LogP contribution in [0, 0.1) is 0 Å². The first-order chi connectivity index (χ1) is 28.2. The average Bonchev–Trinajstić information content (AvgIpc) is 3.96. The van der Waals surface area contributed by atoms with Gasteiger partial charge in [0.05, 0.1) is 29.5 Å². The van der Waals surface area contributed by atoms with Crippen molar-refractivity contribution in [2.75, 3.05) is 0 Å². The molecule has 0 amide bonds. The number of aromatic nitrogens is 1. The smallest absolute Gasteiger partial charge is 0.143 e. The van der Waals surface area contributed by atoms with E-state index in [2.05, 4.69) is 203 Å². The highest BCUT2D eigenvalue weighted by Gasteiger charge is 2.30. The second-order valence-electron chi connectivity index (χ2n) is 15.0. The zero-order chi connectivity index (χ0) is 37.5. The van der Waals surface area contributed by atoms with Crippen LogP contribution in [0.4, 0.5) is 0 Å². The van der Waals surface area contributed by atoms with E-state index in [1.165, 1.54) is 32.9 Å². The van der Waals surface area contributed by atoms with Crippen LogP contribution < -0.4 is 16.0 Å². The average molecular weight is 737 g/mol. The van der Waals surface area contributed by atoms with Crippen LogP contribution in [0.5, 0.6) is 0 Å². The molecular formula is C51H36N4O2. The molecule has 0 spiro atoms. The summed E-state index contributed by atoms with van der Waals surface area (Å²) < 4.78 is 15.8. The Hall–Kier alpha value is -6.96. The first kappa shape index (κ1) is 32.3. The standard InChI is InChI=1S/C51H36N4O2/c1-3-13-31(14-4-1)49-52-50(32-15-5-2-6-16-32)54-51(53-49)33-25-27-40-46(29-33)56-45-24-12-19-37(47(40)45)38-20-11-21-39-41-30-34(26-28-44(41)57-48(38)39)55-42-22-9-7-17-35(42)36-18-8-10-23-43(36)55/h1-30,49-54H. The molecule has 8 aromatic carbocycles. The molecule has 3 N–H and O–H groups in total. The number of nitrogens with one attached hydrogen (secondary N) is 3. The Morgan fingerprint density at radius 1 is 0.368 bits per heavy atom. The highest BCUT2D eigenvalue weighted by Crippen LogP contribution is 2.43. The summed E-state index contributed by atoms with van der Waals surface area (Å²) in [7, 11) is 0. The van der Waals surface area contributed by atoms with Crippen molar-refractivity contribution in [3.05, 3.63) is 199 Å². The molecule has 0 radical (unpaired) electrons. The Bertz CT molecular complexity index is 3210. The fraction of sp³-hybridized carbons (Fsp3) is 0.0588. The first-order valence-electron chi connectivity index (χ1n) is 19.5. The van der Waals surface area contributed by atoms with E-state index in [-0.39, 0.29) is 18.5 Å². The first-order valence-corrected chi connectivity index (χ1v) is 19.5. The lowest BCUT2D eigenvalue weighted by Crippen LogP contribution is -2.54. The van der Waals surface area contributed by atoms with Crippen molar-refractivity contribution in [1.82, 2.24) is 20.5 Å². The van der Waals surface area contributed by atoms with E-state index in [0.717, 1.165) is 66.3 Å². The Morgan fingerprint density at radius 2 is 0.965 bits per heavy atom. The molecule has 272 valence electrons. The topological polar surface area (TPSA) is 67.3 Å². The molecule has 57 heavy (non-hydrogen) atoms. The van der Waals surface area contributed by atoms with Crippen molar-refractivity contribution in [2.24, 2.45) is 0 Å². The highest BCUT2D eigenvalue weighted by atomic mass is 16.3. The second-order valence-corrected chi connectivity index (χ2v) is 15.0. The molecule has 0 bridgehead atoms. The third-order valence-corrected chi connectivity index (χ3v) is 11.7. The van der Waals surface area contributed by atoms with E-state index < -0.39 is 0 Å². The van der Waals surface area contributed by atoms with Gasteiger partial charge >= 0.3 is 0 Å². The maximum atomic E-state index is 6.75. The van der Waals surface area contributed by atoms with Gasteiger partial charge in [-0.25, -0.2) is 0 Å². The van der Waals surface area contributed by atoms with Gasteiger partial charge in [-0.2, -0.15) is 0 Å². The van der Waals surface area contributed by atoms with Crippen molar-refractivity contribution < 1.29 is 8.83 Å². The summed E-state index contributed by atoms with van der Waals surface area (Å²) in [4.78, 5) is 0. The predicted octanol–water partition coefficient (Wildman–Crippen LogP) is 12.4. The van der Waals surface area contributed by atoms with Crippen molar-refractivity contribution in [2.45, 2.75) is 18.5 Å². The van der Waals surface area contributed by atoms with Crippen LogP contribution in [0.2, 0.25) is 0 Å². The summed E-state index contributed by atoms with van der Waals surface area (Å²) in [5.74, 6) is 0. The molecule has 6 heteroatoms. The molecule has 2 unspecified atom stereocenters. The molecule has 6 nitrogen and oxygen atoms in total. The van der Waals surface area contributed by atoms with Crippen LogP contribution in [0.1, 0.15) is 35.2 Å². The molecule has 12 rings (SSSR count). The van der Waals surface area contributed by atoms with Crippen LogP contribution in [0.3, 0.4) is 0 Å². The van der Waals surface area contributed by atoms with Crippen LogP contribution in [-0.4, -0.2) is 4.57 Å². The maximum absolute atomic E-state index is 6.75. The van der Waals surface area contributed by atoms with Crippen LogP contribution >= 0.6 is 0 Å². The number of fused-ring (bicyclic) bond motifs is 9. The molecular weight excluding hydrogens is 701 g/mol. The number of benzene rings is 8. The van der Waals surface area contributed by atoms with Crippen molar-refractivity contribution in [3.8, 4) is 16.8 Å². The summed E-state index contributed by atoms with van der Waals surface area (Å²) >= 11 is 0. The lowest BCUT2D eigenvalue weighted by Gasteiger charge is -2.39. The normalized spacial score (nSPS) is 17.4. The molecule has 11 aromatic rings. The number of nitrogens with zero attached hydrogens (tertiary/aromatic N) is 1. The summed E-state index contributed by atoms with van der Waals surface area (Å²) in [6.45, 7) is 0. The van der Waals surface area contributed by atoms with E-state index in [1.807, 2.05) is 0 Å². The van der Waals surface area contributed by atoms with E-state index >= 15 is 0 Å². The van der Waals surface area contributed by atoms with Crippen molar-refractivity contribution >= 4 is 65.7 Å². The minimum absolute atomic E-state index is 0.0528. The molecule has 1 saturated heterocycles. The lowest BCUT2D eigenvalue weighted by molar-refractivity contribution is 0.203. The van der Waals surface area contributed by atoms with Gasteiger partial charge in [-0.3, -0.25) is 16.0 Å². The maximum Gasteiger partial charge on any atom is 0.143 e. The third kappa shape index (κ3) is 5.16. The van der Waals surface area contributed by atoms with Crippen LogP contribution in [-0.2, 0) is 0 Å². The predicted molar refractivity (Wildman–Crippen MR) is 231 cm³/mol. The monoisotopic (exact) mass is 736 g/mol. The van der Waals surface area contributed by atoms with Gasteiger partial charge in [-0.1, -0.05) is 140 Å². The van der Waals surface area contributed by atoms with Gasteiger partial charge in [0.15, 0.2) is 0 Å². The minimum atomic E-state index is -0.129. The van der Waals surface area contributed by atoms with E-state index in [4.69, 9.17) is 8.83 Å². The Kier molecular flexibility index (Phi) is 7.25. The van der Waals surface area contributed by atoms with Gasteiger partial charge in [0.2, 0.25) is 0 Å². The van der Waals surface area contributed by atoms with Gasteiger partial charge in [0, 0.05) is 43.6 Å². The molecule has 1 aliphatic heterocycles. The van der Waals surface area contributed by atoms with Crippen molar-refractivity contribution in [1.29, 1.82) is 0 Å². The van der Waals surface area contributed by atoms with Gasteiger partial charge < -0.3 is 13.4 Å². The van der Waals surface area contributed by atoms with Crippen LogP contribution in [0.25, 0.3) is 82.5 Å². The molecule has 1 aliphatic rings. The number of rotatable bonds is 5. The lowest BCUT2D eigenvalue weighted by atomic mass is 9.97. The minimum Gasteiger partial charge on any atom is -0.456 e. The Balaban J connectivity index is 0.959. The fourth-order valence-corrected chi connectivity index (χ4v) is 9.10. The van der Waals surface area contributed by atoms with E-state index in [1.54, 1.807) is 0 Å². The molecule has 0 aliphatic carbocycles. The molecule has 1 fully saturated rings. The summed E-state index contributed by atoms with van der Waals surface area (Å²) in [6.07, 6.45) is -0.235. The number of hydrogen-bond acceptors (Lipinski definition) is 5. The molecule has 3 aromatic heterocycles. The highest BCUT2D eigenvalue weighted by molar-refractivity contribution is 6.17. The molecule has 4 heterocycles. The Morgan fingerprint density at radius 3 is 1.67 bits per heavy atom. The summed E-state index contributed by atoms with van der Waals surface area (Å²) in [6, 6.07) is 64.3. The number of furan rings is 2. The van der Waals surface area contributed by atoms with Gasteiger partial charge in [-0.05, 0) is 64.7 Å². The number of hydrogen-bond donors (Lipinski definition) is 3. The van der Waals surface area contributed by atoms with E-state index in [9.17, 15) is 0 Å². The fourth-order valence-electron chi connectivity index (χ4n) is 9.10.